The molecule has 1 atom stereocenters. The highest BCUT2D eigenvalue weighted by Gasteiger charge is 2.31. The third kappa shape index (κ3) is 2.05. The first kappa shape index (κ1) is 11.8. The van der Waals surface area contributed by atoms with E-state index >= 15 is 0 Å². The number of fused-ring (bicyclic) bond motifs is 2. The minimum absolute atomic E-state index is 0.851. The molecule has 1 aromatic carbocycles. The fourth-order valence-corrected chi connectivity index (χ4v) is 3.65. The lowest BCUT2D eigenvalue weighted by molar-refractivity contribution is -0.545. The van der Waals surface area contributed by atoms with Crippen LogP contribution in [0.5, 0.6) is 0 Å². The summed E-state index contributed by atoms with van der Waals surface area (Å²) in [7, 11) is 0. The van der Waals surface area contributed by atoms with Crippen molar-refractivity contribution in [2.24, 2.45) is 5.92 Å². The molecule has 1 fully saturated rings. The van der Waals surface area contributed by atoms with Crippen molar-refractivity contribution in [2.45, 2.75) is 33.6 Å². The molecule has 1 unspecified atom stereocenters. The van der Waals surface area contributed by atoms with Gasteiger partial charge < -0.3 is 0 Å². The van der Waals surface area contributed by atoms with Crippen molar-refractivity contribution in [3.63, 3.8) is 0 Å². The van der Waals surface area contributed by atoms with Gasteiger partial charge in [-0.2, -0.15) is 0 Å². The second-order valence-electron chi connectivity index (χ2n) is 6.02. The summed E-state index contributed by atoms with van der Waals surface area (Å²) >= 11 is 0. The molecule has 96 valence electrons. The molecule has 2 aliphatic rings. The van der Waals surface area contributed by atoms with Crippen LogP contribution in [0.25, 0.3) is 0 Å². The van der Waals surface area contributed by atoms with Crippen LogP contribution in [0.3, 0.4) is 0 Å². The number of hydrogen-bond donors (Lipinski definition) is 0. The number of piperidine rings is 1. The molecule has 0 aromatic heterocycles. The second-order valence-corrected chi connectivity index (χ2v) is 6.02. The van der Waals surface area contributed by atoms with Crippen molar-refractivity contribution in [3.05, 3.63) is 28.8 Å². The van der Waals surface area contributed by atoms with Crippen LogP contribution in [0.2, 0.25) is 0 Å². The molecular weight excluding hydrogens is 220 g/mol. The molecule has 18 heavy (non-hydrogen) atoms. The van der Waals surface area contributed by atoms with Crippen LogP contribution in [0.15, 0.2) is 12.1 Å². The van der Waals surface area contributed by atoms with Crippen LogP contribution in [0, 0.1) is 26.7 Å². The number of benzene rings is 1. The average molecular weight is 243 g/mol. The van der Waals surface area contributed by atoms with Gasteiger partial charge in [-0.05, 0) is 44.7 Å². The lowest BCUT2D eigenvalue weighted by atomic mass is 9.95. The monoisotopic (exact) mass is 243 g/mol. The summed E-state index contributed by atoms with van der Waals surface area (Å²) in [5.41, 5.74) is 5.61. The first-order valence-corrected chi connectivity index (χ1v) is 7.07. The Kier molecular flexibility index (Phi) is 2.89. The van der Waals surface area contributed by atoms with E-state index in [4.69, 9.17) is 0 Å². The van der Waals surface area contributed by atoms with E-state index in [1.807, 2.05) is 0 Å². The molecule has 2 aliphatic heterocycles. The number of anilines is 1. The van der Waals surface area contributed by atoms with Gasteiger partial charge in [0.15, 0.2) is 0 Å². The van der Waals surface area contributed by atoms with Crippen molar-refractivity contribution in [1.29, 1.82) is 0 Å². The SMILES string of the molecule is Cc1cc(C)c(N2C=[N+]3CCCC(C2)C3)c(C)c1. The Morgan fingerprint density at radius 3 is 2.56 bits per heavy atom. The van der Waals surface area contributed by atoms with Gasteiger partial charge >= 0.3 is 0 Å². The lowest BCUT2D eigenvalue weighted by Crippen LogP contribution is -2.45. The largest absolute Gasteiger partial charge is 0.268 e. The first-order valence-electron chi connectivity index (χ1n) is 7.07. The smallest absolute Gasteiger partial charge is 0.239 e. The van der Waals surface area contributed by atoms with Crippen molar-refractivity contribution in [3.8, 4) is 0 Å². The van der Waals surface area contributed by atoms with Gasteiger partial charge in [0.2, 0.25) is 6.34 Å². The van der Waals surface area contributed by atoms with E-state index in [-0.39, 0.29) is 0 Å². The number of hydrogen-bond acceptors (Lipinski definition) is 1. The Morgan fingerprint density at radius 1 is 1.17 bits per heavy atom. The Labute approximate surface area is 110 Å². The summed E-state index contributed by atoms with van der Waals surface area (Å²) in [5.74, 6) is 0.851. The zero-order valence-electron chi connectivity index (χ0n) is 11.7. The molecule has 2 bridgehead atoms. The normalized spacial score (nSPS) is 22.9. The summed E-state index contributed by atoms with van der Waals surface area (Å²) in [5, 5.41) is 0. The van der Waals surface area contributed by atoms with Crippen molar-refractivity contribution >= 4 is 12.0 Å². The number of rotatable bonds is 1. The van der Waals surface area contributed by atoms with E-state index in [0.717, 1.165) is 5.92 Å². The predicted octanol–water partition coefficient (Wildman–Crippen LogP) is 2.88. The quantitative estimate of drug-likeness (QED) is 0.687. The molecule has 2 nitrogen and oxygen atoms in total. The number of nitrogens with zero attached hydrogens (tertiary/aromatic N) is 2. The Hall–Kier alpha value is -1.31. The van der Waals surface area contributed by atoms with Crippen LogP contribution >= 0.6 is 0 Å². The molecule has 0 N–H and O–H groups in total. The minimum atomic E-state index is 0.851. The van der Waals surface area contributed by atoms with Crippen LogP contribution in [0.1, 0.15) is 29.5 Å². The van der Waals surface area contributed by atoms with E-state index in [1.165, 1.54) is 54.9 Å². The standard InChI is InChI=1S/C16H23N2/c1-12-7-13(2)16(14(3)8-12)18-10-15-5-4-6-17(9-15)11-18/h7-8,11,15H,4-6,9-10H2,1-3H3/q+1. The zero-order chi connectivity index (χ0) is 12.7. The molecule has 1 aromatic rings. The van der Waals surface area contributed by atoms with Crippen molar-refractivity contribution in [1.82, 2.24) is 0 Å². The Balaban J connectivity index is 2.00. The fourth-order valence-electron chi connectivity index (χ4n) is 3.65. The highest BCUT2D eigenvalue weighted by molar-refractivity contribution is 5.80. The molecule has 2 heteroatoms. The maximum absolute atomic E-state index is 2.50. The van der Waals surface area contributed by atoms with E-state index in [0.29, 0.717) is 0 Å². The topological polar surface area (TPSA) is 6.25 Å². The second kappa shape index (κ2) is 4.42. The minimum Gasteiger partial charge on any atom is -0.268 e. The van der Waals surface area contributed by atoms with E-state index in [9.17, 15) is 0 Å². The molecular formula is C16H23N2+. The summed E-state index contributed by atoms with van der Waals surface area (Å²) < 4.78 is 2.50. The van der Waals surface area contributed by atoms with E-state index in [2.05, 4.69) is 48.7 Å². The molecule has 0 radical (unpaired) electrons. The van der Waals surface area contributed by atoms with Crippen LogP contribution in [-0.4, -0.2) is 30.5 Å². The molecule has 0 saturated carbocycles. The van der Waals surface area contributed by atoms with Crippen molar-refractivity contribution in [2.75, 3.05) is 24.5 Å². The van der Waals surface area contributed by atoms with Gasteiger partial charge in [0.1, 0.15) is 5.69 Å². The molecule has 0 aliphatic carbocycles. The van der Waals surface area contributed by atoms with Gasteiger partial charge in [-0.15, -0.1) is 0 Å². The molecule has 2 heterocycles. The molecule has 0 amide bonds. The Morgan fingerprint density at radius 2 is 1.89 bits per heavy atom. The van der Waals surface area contributed by atoms with Crippen molar-refractivity contribution < 1.29 is 4.58 Å². The van der Waals surface area contributed by atoms with Crippen LogP contribution in [0.4, 0.5) is 5.69 Å². The summed E-state index contributed by atoms with van der Waals surface area (Å²) in [4.78, 5) is 2.48. The summed E-state index contributed by atoms with van der Waals surface area (Å²) in [6, 6.07) is 4.60. The lowest BCUT2D eigenvalue weighted by Gasteiger charge is -2.32. The maximum Gasteiger partial charge on any atom is 0.239 e. The zero-order valence-corrected chi connectivity index (χ0v) is 11.7. The third-order valence-corrected chi connectivity index (χ3v) is 4.23. The third-order valence-electron chi connectivity index (χ3n) is 4.23. The molecule has 0 spiro atoms. The van der Waals surface area contributed by atoms with Gasteiger partial charge in [0.05, 0.1) is 19.6 Å². The van der Waals surface area contributed by atoms with E-state index < -0.39 is 0 Å². The summed E-state index contributed by atoms with van der Waals surface area (Å²) in [6.45, 7) is 10.4. The molecule has 1 saturated heterocycles. The van der Waals surface area contributed by atoms with Gasteiger partial charge in [0.25, 0.3) is 0 Å². The highest BCUT2D eigenvalue weighted by atomic mass is 15.2. The Bertz CT molecular complexity index is 479. The van der Waals surface area contributed by atoms with Gasteiger partial charge in [-0.25, -0.2) is 4.90 Å². The van der Waals surface area contributed by atoms with Gasteiger partial charge in [-0.1, -0.05) is 17.7 Å². The fraction of sp³-hybridized carbons (Fsp3) is 0.562. The van der Waals surface area contributed by atoms with Crippen LogP contribution < -0.4 is 4.90 Å². The van der Waals surface area contributed by atoms with Gasteiger partial charge in [-0.3, -0.25) is 4.58 Å². The van der Waals surface area contributed by atoms with Gasteiger partial charge in [0, 0.05) is 5.92 Å². The first-order chi connectivity index (χ1) is 8.63. The number of aryl methyl sites for hydroxylation is 3. The maximum atomic E-state index is 2.50. The molecule has 3 rings (SSSR count). The van der Waals surface area contributed by atoms with E-state index in [1.54, 1.807) is 0 Å². The van der Waals surface area contributed by atoms with Crippen LogP contribution in [-0.2, 0) is 0 Å². The highest BCUT2D eigenvalue weighted by Crippen LogP contribution is 2.29. The predicted molar refractivity (Wildman–Crippen MR) is 76.8 cm³/mol. The summed E-state index contributed by atoms with van der Waals surface area (Å²) in [6.07, 6.45) is 5.10. The average Bonchev–Trinajstić information content (AvgIpc) is 2.26.